The number of rotatable bonds is 11. The molecule has 1 atom stereocenters. The zero-order valence-electron chi connectivity index (χ0n) is 16.8. The van der Waals surface area contributed by atoms with E-state index in [-0.39, 0.29) is 36.0 Å². The molecule has 3 N–H and O–H groups in total. The standard InChI is InChI=1S/C19H32N4O4.HI/c1-15-7-13-27-17(15)18(24)21-8-4-9-22-19(20-2)23-10-5-11-25-14-16-6-3-12-26-16;/h7,13,16H,3-6,8-12,14H2,1-2H3,(H,21,24)(H2,20,22,23);1H. The van der Waals surface area contributed by atoms with Crippen molar-refractivity contribution < 1.29 is 18.7 Å². The summed E-state index contributed by atoms with van der Waals surface area (Å²) in [6, 6.07) is 1.78. The van der Waals surface area contributed by atoms with Crippen molar-refractivity contribution in [1.82, 2.24) is 16.0 Å². The SMILES string of the molecule is CN=C(NCCCNC(=O)c1occc1C)NCCCOCC1CCCO1.I. The highest BCUT2D eigenvalue weighted by Gasteiger charge is 2.15. The molecule has 1 aliphatic heterocycles. The van der Waals surface area contributed by atoms with Crippen LogP contribution >= 0.6 is 24.0 Å². The Morgan fingerprint density at radius 2 is 2.00 bits per heavy atom. The monoisotopic (exact) mass is 508 g/mol. The molecule has 1 amide bonds. The lowest BCUT2D eigenvalue weighted by Gasteiger charge is -2.13. The van der Waals surface area contributed by atoms with E-state index in [1.54, 1.807) is 13.1 Å². The first kappa shape index (κ1) is 24.7. The second-order valence-electron chi connectivity index (χ2n) is 6.53. The van der Waals surface area contributed by atoms with E-state index in [1.165, 1.54) is 6.26 Å². The van der Waals surface area contributed by atoms with Crippen LogP contribution in [0.5, 0.6) is 0 Å². The zero-order valence-corrected chi connectivity index (χ0v) is 19.1. The van der Waals surface area contributed by atoms with Crippen LogP contribution in [0.15, 0.2) is 21.7 Å². The molecule has 0 aliphatic carbocycles. The first-order valence-electron chi connectivity index (χ1n) is 9.67. The number of amides is 1. The van der Waals surface area contributed by atoms with Crippen molar-refractivity contribution in [3.8, 4) is 0 Å². The normalized spacial score (nSPS) is 16.5. The Balaban J connectivity index is 0.00000392. The highest BCUT2D eigenvalue weighted by atomic mass is 127. The molecular formula is C19H33IN4O4. The summed E-state index contributed by atoms with van der Waals surface area (Å²) in [4.78, 5) is 16.1. The summed E-state index contributed by atoms with van der Waals surface area (Å²) in [5.41, 5.74) is 0.843. The topological polar surface area (TPSA) is 97.1 Å². The predicted octanol–water partition coefficient (Wildman–Crippen LogP) is 2.08. The van der Waals surface area contributed by atoms with E-state index >= 15 is 0 Å². The highest BCUT2D eigenvalue weighted by Crippen LogP contribution is 2.11. The molecule has 0 spiro atoms. The first-order valence-corrected chi connectivity index (χ1v) is 9.67. The number of hydrogen-bond donors (Lipinski definition) is 3. The summed E-state index contributed by atoms with van der Waals surface area (Å²) in [7, 11) is 1.74. The molecular weight excluding hydrogens is 475 g/mol. The molecule has 0 radical (unpaired) electrons. The largest absolute Gasteiger partial charge is 0.459 e. The molecule has 0 aromatic carbocycles. The van der Waals surface area contributed by atoms with E-state index in [2.05, 4.69) is 20.9 Å². The number of aryl methyl sites for hydroxylation is 1. The fraction of sp³-hybridized carbons (Fsp3) is 0.684. The van der Waals surface area contributed by atoms with Crippen LogP contribution in [0.3, 0.4) is 0 Å². The lowest BCUT2D eigenvalue weighted by atomic mass is 10.2. The van der Waals surface area contributed by atoms with Crippen LogP contribution < -0.4 is 16.0 Å². The number of guanidine groups is 1. The van der Waals surface area contributed by atoms with Crippen LogP contribution in [0.4, 0.5) is 0 Å². The van der Waals surface area contributed by atoms with E-state index in [1.807, 2.05) is 6.92 Å². The Hall–Kier alpha value is -1.33. The summed E-state index contributed by atoms with van der Waals surface area (Å²) in [5, 5.41) is 9.33. The number of hydrogen-bond acceptors (Lipinski definition) is 5. The highest BCUT2D eigenvalue weighted by molar-refractivity contribution is 14.0. The van der Waals surface area contributed by atoms with Gasteiger partial charge in [0.15, 0.2) is 11.7 Å². The Morgan fingerprint density at radius 1 is 1.25 bits per heavy atom. The minimum atomic E-state index is -0.178. The van der Waals surface area contributed by atoms with Crippen LogP contribution in [0.2, 0.25) is 0 Å². The zero-order chi connectivity index (χ0) is 19.3. The van der Waals surface area contributed by atoms with Gasteiger partial charge in [-0.15, -0.1) is 24.0 Å². The number of ether oxygens (including phenoxy) is 2. The lowest BCUT2D eigenvalue weighted by Crippen LogP contribution is -2.39. The summed E-state index contributed by atoms with van der Waals surface area (Å²) in [5.74, 6) is 0.951. The number of nitrogens with one attached hydrogen (secondary N) is 3. The smallest absolute Gasteiger partial charge is 0.287 e. The molecule has 1 aromatic rings. The van der Waals surface area contributed by atoms with Gasteiger partial charge in [-0.3, -0.25) is 9.79 Å². The third kappa shape index (κ3) is 9.24. The maximum atomic E-state index is 11.9. The maximum Gasteiger partial charge on any atom is 0.287 e. The number of aliphatic imine (C=N–C) groups is 1. The number of halogens is 1. The minimum absolute atomic E-state index is 0. The molecule has 8 nitrogen and oxygen atoms in total. The fourth-order valence-corrected chi connectivity index (χ4v) is 2.77. The Kier molecular flexibility index (Phi) is 12.9. The van der Waals surface area contributed by atoms with E-state index in [0.717, 1.165) is 50.4 Å². The first-order chi connectivity index (χ1) is 13.2. The summed E-state index contributed by atoms with van der Waals surface area (Å²) in [6.07, 6.45) is 5.75. The molecule has 0 saturated carbocycles. The third-order valence-corrected chi connectivity index (χ3v) is 4.31. The summed E-state index contributed by atoms with van der Waals surface area (Å²) in [6.45, 7) is 6.19. The number of furan rings is 1. The molecule has 0 bridgehead atoms. The van der Waals surface area contributed by atoms with Gasteiger partial charge in [0.25, 0.3) is 5.91 Å². The van der Waals surface area contributed by atoms with Gasteiger partial charge in [0.2, 0.25) is 0 Å². The van der Waals surface area contributed by atoms with Gasteiger partial charge in [-0.1, -0.05) is 0 Å². The van der Waals surface area contributed by atoms with Crippen LogP contribution in [0.25, 0.3) is 0 Å². The van der Waals surface area contributed by atoms with Crippen molar-refractivity contribution in [2.75, 3.05) is 46.5 Å². The molecule has 1 saturated heterocycles. The molecule has 1 fully saturated rings. The van der Waals surface area contributed by atoms with Gasteiger partial charge < -0.3 is 29.8 Å². The second-order valence-corrected chi connectivity index (χ2v) is 6.53. The quantitative estimate of drug-likeness (QED) is 0.183. The average molecular weight is 508 g/mol. The van der Waals surface area contributed by atoms with Gasteiger partial charge in [0.05, 0.1) is 19.0 Å². The van der Waals surface area contributed by atoms with Gasteiger partial charge in [-0.05, 0) is 38.7 Å². The van der Waals surface area contributed by atoms with Crippen molar-refractivity contribution in [2.45, 2.75) is 38.7 Å². The van der Waals surface area contributed by atoms with Gasteiger partial charge in [0.1, 0.15) is 0 Å². The molecule has 9 heteroatoms. The van der Waals surface area contributed by atoms with Crippen molar-refractivity contribution in [1.29, 1.82) is 0 Å². The van der Waals surface area contributed by atoms with E-state index in [4.69, 9.17) is 13.9 Å². The van der Waals surface area contributed by atoms with E-state index < -0.39 is 0 Å². The van der Waals surface area contributed by atoms with Gasteiger partial charge in [-0.2, -0.15) is 0 Å². The van der Waals surface area contributed by atoms with Crippen LogP contribution in [0, 0.1) is 6.92 Å². The minimum Gasteiger partial charge on any atom is -0.459 e. The second kappa shape index (κ2) is 14.6. The molecule has 1 aliphatic rings. The van der Waals surface area contributed by atoms with Gasteiger partial charge in [0, 0.05) is 45.5 Å². The molecule has 160 valence electrons. The Morgan fingerprint density at radius 3 is 2.64 bits per heavy atom. The number of carbonyl (C=O) groups is 1. The van der Waals surface area contributed by atoms with Crippen molar-refractivity contribution >= 4 is 35.8 Å². The summed E-state index contributed by atoms with van der Waals surface area (Å²) < 4.78 is 16.3. The lowest BCUT2D eigenvalue weighted by molar-refractivity contribution is 0.0168. The van der Waals surface area contributed by atoms with Crippen LogP contribution in [-0.4, -0.2) is 64.5 Å². The van der Waals surface area contributed by atoms with Crippen molar-refractivity contribution in [3.05, 3.63) is 23.7 Å². The maximum absolute atomic E-state index is 11.9. The van der Waals surface area contributed by atoms with Crippen molar-refractivity contribution in [2.24, 2.45) is 4.99 Å². The molecule has 1 aromatic heterocycles. The van der Waals surface area contributed by atoms with E-state index in [0.29, 0.717) is 32.1 Å². The summed E-state index contributed by atoms with van der Waals surface area (Å²) >= 11 is 0. The van der Waals surface area contributed by atoms with Gasteiger partial charge in [-0.25, -0.2) is 0 Å². The molecule has 2 rings (SSSR count). The van der Waals surface area contributed by atoms with Gasteiger partial charge >= 0.3 is 0 Å². The van der Waals surface area contributed by atoms with Crippen molar-refractivity contribution in [3.63, 3.8) is 0 Å². The molecule has 28 heavy (non-hydrogen) atoms. The third-order valence-electron chi connectivity index (χ3n) is 4.31. The Labute approximate surface area is 184 Å². The molecule has 1 unspecified atom stereocenters. The van der Waals surface area contributed by atoms with Crippen LogP contribution in [-0.2, 0) is 9.47 Å². The average Bonchev–Trinajstić information content (AvgIpc) is 3.33. The fourth-order valence-electron chi connectivity index (χ4n) is 2.77. The number of nitrogens with zero attached hydrogens (tertiary/aromatic N) is 1. The van der Waals surface area contributed by atoms with Crippen LogP contribution in [0.1, 0.15) is 41.8 Å². The van der Waals surface area contributed by atoms with E-state index in [9.17, 15) is 4.79 Å². The number of carbonyl (C=O) groups excluding carboxylic acids is 1. The Bertz CT molecular complexity index is 588. The molecule has 2 heterocycles. The predicted molar refractivity (Wildman–Crippen MR) is 120 cm³/mol.